The van der Waals surface area contributed by atoms with Crippen molar-refractivity contribution in [3.8, 4) is 11.1 Å². The van der Waals surface area contributed by atoms with Gasteiger partial charge in [-0.1, -0.05) is 72.8 Å². The molecule has 24 heavy (non-hydrogen) atoms. The van der Waals surface area contributed by atoms with Gasteiger partial charge in [-0.2, -0.15) is 0 Å². The minimum Gasteiger partial charge on any atom is -0.117 e. The first kappa shape index (κ1) is 14.2. The monoisotopic (exact) mass is 326 g/mol. The molecule has 5 rings (SSSR count). The van der Waals surface area contributed by atoms with Crippen molar-refractivity contribution in [1.82, 2.24) is 0 Å². The molecule has 0 aliphatic carbocycles. The van der Waals surface area contributed by atoms with Crippen LogP contribution in [0.2, 0.25) is 0 Å². The Kier molecular flexibility index (Phi) is 3.39. The summed E-state index contributed by atoms with van der Waals surface area (Å²) >= 11 is 0. The second kappa shape index (κ2) is 5.72. The molecule has 0 radical (unpaired) electrons. The van der Waals surface area contributed by atoms with Crippen molar-refractivity contribution in [3.05, 3.63) is 83.9 Å². The van der Waals surface area contributed by atoms with Crippen LogP contribution < -0.4 is 0 Å². The molecule has 1 heterocycles. The topological polar surface area (TPSA) is 0 Å². The third kappa shape index (κ3) is 2.18. The predicted molar refractivity (Wildman–Crippen MR) is 107 cm³/mol. The standard InChI is InChI=1S/C23H19P/c1-3-7-20-16(5-1)9-11-18-13-14-24-15-19-12-10-17-6-2-4-8-21(17)23(19)22(18)20/h1-12,24H,13-15H2. The molecular formula is C23H19P. The van der Waals surface area contributed by atoms with Gasteiger partial charge in [-0.25, -0.2) is 0 Å². The highest BCUT2D eigenvalue weighted by Gasteiger charge is 2.18. The Morgan fingerprint density at radius 1 is 0.583 bits per heavy atom. The highest BCUT2D eigenvalue weighted by Crippen LogP contribution is 2.42. The van der Waals surface area contributed by atoms with Gasteiger partial charge in [-0.05, 0) is 62.5 Å². The predicted octanol–water partition coefficient (Wildman–Crippen LogP) is 6.39. The number of aryl methyl sites for hydroxylation is 1. The van der Waals surface area contributed by atoms with Crippen LogP contribution in [0.5, 0.6) is 0 Å². The Hall–Kier alpha value is -2.17. The van der Waals surface area contributed by atoms with E-state index in [1.807, 2.05) is 0 Å². The molecular weight excluding hydrogens is 307 g/mol. The quantitative estimate of drug-likeness (QED) is 0.328. The van der Waals surface area contributed by atoms with E-state index < -0.39 is 0 Å². The first-order valence-electron chi connectivity index (χ1n) is 8.64. The minimum absolute atomic E-state index is 1.02. The summed E-state index contributed by atoms with van der Waals surface area (Å²) in [5.74, 6) is 0. The number of fused-ring (bicyclic) bond motifs is 7. The SMILES string of the molecule is c1ccc2c3c(ccc2c1)CCPCc1ccc2ccccc2c1-3. The number of hydrogen-bond acceptors (Lipinski definition) is 0. The molecule has 1 unspecified atom stereocenters. The van der Waals surface area contributed by atoms with Gasteiger partial charge < -0.3 is 0 Å². The van der Waals surface area contributed by atoms with Crippen molar-refractivity contribution in [3.63, 3.8) is 0 Å². The van der Waals surface area contributed by atoms with Crippen LogP contribution in [0.25, 0.3) is 32.7 Å². The average Bonchev–Trinajstić information content (AvgIpc) is 2.62. The van der Waals surface area contributed by atoms with Crippen molar-refractivity contribution in [1.29, 1.82) is 0 Å². The van der Waals surface area contributed by atoms with E-state index in [0.717, 1.165) is 8.58 Å². The molecule has 1 aliphatic rings. The molecule has 1 atom stereocenters. The van der Waals surface area contributed by atoms with Gasteiger partial charge >= 0.3 is 0 Å². The van der Waals surface area contributed by atoms with Gasteiger partial charge in [0, 0.05) is 0 Å². The Morgan fingerprint density at radius 2 is 1.17 bits per heavy atom. The summed E-state index contributed by atoms with van der Waals surface area (Å²) in [5, 5.41) is 5.49. The Labute approximate surface area is 144 Å². The molecule has 0 fully saturated rings. The van der Waals surface area contributed by atoms with Crippen molar-refractivity contribution in [2.24, 2.45) is 0 Å². The first-order chi connectivity index (χ1) is 11.9. The zero-order valence-electron chi connectivity index (χ0n) is 13.5. The van der Waals surface area contributed by atoms with Crippen molar-refractivity contribution < 1.29 is 0 Å². The van der Waals surface area contributed by atoms with Crippen molar-refractivity contribution >= 4 is 30.1 Å². The van der Waals surface area contributed by atoms with Crippen LogP contribution in [0.4, 0.5) is 0 Å². The number of hydrogen-bond donors (Lipinski definition) is 0. The molecule has 0 amide bonds. The second-order valence-corrected chi connectivity index (χ2v) is 7.92. The molecule has 0 bridgehead atoms. The van der Waals surface area contributed by atoms with E-state index in [1.165, 1.54) is 62.5 Å². The van der Waals surface area contributed by atoms with Gasteiger partial charge in [-0.15, -0.1) is 8.58 Å². The maximum Gasteiger partial charge on any atom is -0.00608 e. The Morgan fingerprint density at radius 3 is 1.88 bits per heavy atom. The molecule has 0 nitrogen and oxygen atoms in total. The molecule has 4 aromatic rings. The van der Waals surface area contributed by atoms with E-state index >= 15 is 0 Å². The molecule has 0 saturated heterocycles. The normalized spacial score (nSPS) is 15.0. The van der Waals surface area contributed by atoms with Crippen LogP contribution >= 0.6 is 8.58 Å². The van der Waals surface area contributed by atoms with Gasteiger partial charge in [0.1, 0.15) is 0 Å². The van der Waals surface area contributed by atoms with Gasteiger partial charge in [0.2, 0.25) is 0 Å². The lowest BCUT2D eigenvalue weighted by Gasteiger charge is -2.21. The summed E-state index contributed by atoms with van der Waals surface area (Å²) in [4.78, 5) is 0. The van der Waals surface area contributed by atoms with E-state index in [9.17, 15) is 0 Å². The fraction of sp³-hybridized carbons (Fsp3) is 0.130. The average molecular weight is 326 g/mol. The van der Waals surface area contributed by atoms with Crippen LogP contribution in [0.15, 0.2) is 72.8 Å². The van der Waals surface area contributed by atoms with E-state index in [0.29, 0.717) is 0 Å². The fourth-order valence-electron chi connectivity index (χ4n) is 4.03. The Bertz CT molecular complexity index is 975. The van der Waals surface area contributed by atoms with Crippen LogP contribution in [0, 0.1) is 0 Å². The number of benzene rings is 4. The highest BCUT2D eigenvalue weighted by molar-refractivity contribution is 7.37. The molecule has 4 aromatic carbocycles. The summed E-state index contributed by atoms with van der Waals surface area (Å²) in [5.41, 5.74) is 5.99. The molecule has 0 spiro atoms. The van der Waals surface area contributed by atoms with E-state index in [4.69, 9.17) is 0 Å². The summed E-state index contributed by atoms with van der Waals surface area (Å²) in [6, 6.07) is 27.0. The van der Waals surface area contributed by atoms with E-state index in [2.05, 4.69) is 72.8 Å². The zero-order chi connectivity index (χ0) is 15.9. The van der Waals surface area contributed by atoms with Gasteiger partial charge in [0.15, 0.2) is 0 Å². The molecule has 116 valence electrons. The van der Waals surface area contributed by atoms with Gasteiger partial charge in [-0.3, -0.25) is 0 Å². The molecule has 1 heteroatoms. The van der Waals surface area contributed by atoms with E-state index in [-0.39, 0.29) is 0 Å². The van der Waals surface area contributed by atoms with Gasteiger partial charge in [0.25, 0.3) is 0 Å². The van der Waals surface area contributed by atoms with Crippen molar-refractivity contribution in [2.45, 2.75) is 12.6 Å². The summed E-state index contributed by atoms with van der Waals surface area (Å²) in [7, 11) is 1.02. The highest BCUT2D eigenvalue weighted by atomic mass is 31.1. The van der Waals surface area contributed by atoms with Crippen LogP contribution in [-0.4, -0.2) is 6.16 Å². The second-order valence-electron chi connectivity index (χ2n) is 6.57. The first-order valence-corrected chi connectivity index (χ1v) is 10.1. The lowest BCUT2D eigenvalue weighted by atomic mass is 9.86. The third-order valence-electron chi connectivity index (χ3n) is 5.17. The largest absolute Gasteiger partial charge is 0.117 e. The minimum atomic E-state index is 1.02. The molecule has 1 aliphatic heterocycles. The lowest BCUT2D eigenvalue weighted by Crippen LogP contribution is -2.00. The summed E-state index contributed by atoms with van der Waals surface area (Å²) < 4.78 is 0. The summed E-state index contributed by atoms with van der Waals surface area (Å²) in [6.07, 6.45) is 3.71. The van der Waals surface area contributed by atoms with Gasteiger partial charge in [0.05, 0.1) is 0 Å². The van der Waals surface area contributed by atoms with Crippen LogP contribution in [0.1, 0.15) is 11.1 Å². The maximum absolute atomic E-state index is 2.36. The third-order valence-corrected chi connectivity index (χ3v) is 6.40. The van der Waals surface area contributed by atoms with Crippen LogP contribution in [-0.2, 0) is 12.6 Å². The molecule has 0 saturated carbocycles. The van der Waals surface area contributed by atoms with Crippen molar-refractivity contribution in [2.75, 3.05) is 6.16 Å². The maximum atomic E-state index is 2.36. The van der Waals surface area contributed by atoms with Crippen LogP contribution in [0.3, 0.4) is 0 Å². The molecule has 0 aromatic heterocycles. The zero-order valence-corrected chi connectivity index (χ0v) is 14.5. The summed E-state index contributed by atoms with van der Waals surface area (Å²) in [6.45, 7) is 0. The number of rotatable bonds is 0. The Balaban J connectivity index is 1.99. The lowest BCUT2D eigenvalue weighted by molar-refractivity contribution is 1.14. The fourth-order valence-corrected chi connectivity index (χ4v) is 5.21. The smallest absolute Gasteiger partial charge is 0.00608 e. The van der Waals surface area contributed by atoms with E-state index in [1.54, 1.807) is 0 Å². The molecule has 0 N–H and O–H groups in total.